The minimum atomic E-state index is 0.902. The third-order valence-corrected chi connectivity index (χ3v) is 11.2. The molecule has 0 unspecified atom stereocenters. The molecule has 1 aromatic heterocycles. The highest BCUT2D eigenvalue weighted by Gasteiger charge is 2.16. The zero-order valence-corrected chi connectivity index (χ0v) is 30.6. The molecule has 0 N–H and O–H groups in total. The Balaban J connectivity index is 1.00. The predicted octanol–water partition coefficient (Wildman–Crippen LogP) is 15.5. The van der Waals surface area contributed by atoms with Crippen LogP contribution in [0.1, 0.15) is 0 Å². The van der Waals surface area contributed by atoms with Crippen molar-refractivity contribution in [2.24, 2.45) is 0 Å². The Bertz CT molecular complexity index is 3240. The van der Waals surface area contributed by atoms with Crippen molar-refractivity contribution in [1.82, 2.24) is 0 Å². The molecular weight excluding hydrogens is 679 g/mol. The average Bonchev–Trinajstić information content (AvgIpc) is 3.65. The fourth-order valence-corrected chi connectivity index (χ4v) is 8.44. The molecule has 1 heterocycles. The van der Waals surface area contributed by atoms with Crippen molar-refractivity contribution in [3.05, 3.63) is 212 Å². The minimum absolute atomic E-state index is 0.902. The second kappa shape index (κ2) is 13.2. The number of hydrogen-bond donors (Lipinski definition) is 0. The molecule has 2 heteroatoms. The Labute approximate surface area is 325 Å². The minimum Gasteiger partial charge on any atom is -0.456 e. The van der Waals surface area contributed by atoms with Gasteiger partial charge in [0.2, 0.25) is 0 Å². The molecule has 0 aliphatic heterocycles. The Kier molecular flexibility index (Phi) is 7.53. The summed E-state index contributed by atoms with van der Waals surface area (Å²) in [6.07, 6.45) is 0. The molecule has 262 valence electrons. The second-order valence-electron chi connectivity index (χ2n) is 14.5. The maximum Gasteiger partial charge on any atom is 0.135 e. The van der Waals surface area contributed by atoms with E-state index in [4.69, 9.17) is 4.42 Å². The van der Waals surface area contributed by atoms with Gasteiger partial charge in [0.05, 0.1) is 0 Å². The van der Waals surface area contributed by atoms with Crippen LogP contribution in [0.4, 0.5) is 17.1 Å². The molecule has 0 spiro atoms. The quantitative estimate of drug-likeness (QED) is 0.160. The summed E-state index contributed by atoms with van der Waals surface area (Å²) in [5.74, 6) is 0. The number of para-hydroxylation sites is 1. The summed E-state index contributed by atoms with van der Waals surface area (Å²) >= 11 is 0. The van der Waals surface area contributed by atoms with Crippen LogP contribution in [0.5, 0.6) is 0 Å². The van der Waals surface area contributed by atoms with Gasteiger partial charge in [-0.15, -0.1) is 0 Å². The average molecular weight is 714 g/mol. The molecule has 0 bridgehead atoms. The molecule has 0 aliphatic carbocycles. The van der Waals surface area contributed by atoms with Gasteiger partial charge in [0, 0.05) is 27.8 Å². The van der Waals surface area contributed by atoms with Crippen LogP contribution in [0.25, 0.3) is 87.6 Å². The van der Waals surface area contributed by atoms with Gasteiger partial charge in [-0.05, 0) is 126 Å². The van der Waals surface area contributed by atoms with Crippen molar-refractivity contribution in [1.29, 1.82) is 0 Å². The fourth-order valence-electron chi connectivity index (χ4n) is 8.44. The normalized spacial score (nSPS) is 11.6. The first-order valence-corrected chi connectivity index (χ1v) is 19.2. The third kappa shape index (κ3) is 5.51. The fraction of sp³-hybridized carbons (Fsp3) is 0. The van der Waals surface area contributed by atoms with Gasteiger partial charge in [-0.25, -0.2) is 0 Å². The standard InChI is InChI=1S/C54H35NO/c1-3-14-47-37(9-1)11-8-17-49(47)39-23-29-45(30-24-39)55(46-13-7-12-40(34-46)42-26-32-54-52(35-42)51-16-5-6-18-53(51)56-54)44-27-21-36(22-28-44)41-25-31-50-43(33-41)20-19-38-10-2-4-15-48(38)50/h1-35H. The Hall–Kier alpha value is -7.42. The van der Waals surface area contributed by atoms with Gasteiger partial charge in [-0.3, -0.25) is 0 Å². The number of anilines is 3. The van der Waals surface area contributed by atoms with E-state index in [2.05, 4.69) is 205 Å². The van der Waals surface area contributed by atoms with E-state index in [0.29, 0.717) is 0 Å². The van der Waals surface area contributed by atoms with E-state index in [1.165, 1.54) is 54.6 Å². The molecule has 0 aliphatic rings. The number of nitrogens with zero attached hydrogens (tertiary/aromatic N) is 1. The van der Waals surface area contributed by atoms with Crippen LogP contribution in [0.15, 0.2) is 217 Å². The summed E-state index contributed by atoms with van der Waals surface area (Å²) in [5.41, 5.74) is 12.2. The van der Waals surface area contributed by atoms with Crippen molar-refractivity contribution < 1.29 is 4.42 Å². The highest BCUT2D eigenvalue weighted by molar-refractivity contribution is 6.09. The van der Waals surface area contributed by atoms with E-state index in [9.17, 15) is 0 Å². The van der Waals surface area contributed by atoms with Gasteiger partial charge in [0.1, 0.15) is 11.2 Å². The van der Waals surface area contributed by atoms with Crippen LogP contribution in [0.2, 0.25) is 0 Å². The monoisotopic (exact) mass is 713 g/mol. The van der Waals surface area contributed by atoms with E-state index in [1.54, 1.807) is 0 Å². The summed E-state index contributed by atoms with van der Waals surface area (Å²) in [4.78, 5) is 2.36. The Morgan fingerprint density at radius 2 is 0.821 bits per heavy atom. The lowest BCUT2D eigenvalue weighted by Gasteiger charge is -2.26. The van der Waals surface area contributed by atoms with Gasteiger partial charge in [-0.2, -0.15) is 0 Å². The maximum absolute atomic E-state index is 6.16. The molecule has 11 rings (SSSR count). The summed E-state index contributed by atoms with van der Waals surface area (Å²) in [6, 6.07) is 76.6. The van der Waals surface area contributed by atoms with Crippen LogP contribution in [-0.2, 0) is 0 Å². The van der Waals surface area contributed by atoms with Crippen LogP contribution in [0.3, 0.4) is 0 Å². The number of rotatable bonds is 6. The van der Waals surface area contributed by atoms with Crippen molar-refractivity contribution in [2.45, 2.75) is 0 Å². The highest BCUT2D eigenvalue weighted by Crippen LogP contribution is 2.40. The van der Waals surface area contributed by atoms with Gasteiger partial charge in [0.15, 0.2) is 0 Å². The van der Waals surface area contributed by atoms with Gasteiger partial charge in [-0.1, -0.05) is 152 Å². The van der Waals surface area contributed by atoms with Gasteiger partial charge < -0.3 is 9.32 Å². The summed E-state index contributed by atoms with van der Waals surface area (Å²) in [6.45, 7) is 0. The van der Waals surface area contributed by atoms with Crippen LogP contribution in [-0.4, -0.2) is 0 Å². The lowest BCUT2D eigenvalue weighted by Crippen LogP contribution is -2.10. The van der Waals surface area contributed by atoms with Gasteiger partial charge >= 0.3 is 0 Å². The molecule has 11 aromatic rings. The van der Waals surface area contributed by atoms with Crippen molar-refractivity contribution in [3.8, 4) is 33.4 Å². The van der Waals surface area contributed by atoms with Crippen molar-refractivity contribution in [2.75, 3.05) is 4.90 Å². The van der Waals surface area contributed by atoms with E-state index >= 15 is 0 Å². The Morgan fingerprint density at radius 3 is 1.64 bits per heavy atom. The van der Waals surface area contributed by atoms with E-state index < -0.39 is 0 Å². The zero-order valence-electron chi connectivity index (χ0n) is 30.6. The second-order valence-corrected chi connectivity index (χ2v) is 14.5. The molecule has 2 nitrogen and oxygen atoms in total. The maximum atomic E-state index is 6.16. The highest BCUT2D eigenvalue weighted by atomic mass is 16.3. The van der Waals surface area contributed by atoms with E-state index in [1.807, 2.05) is 12.1 Å². The van der Waals surface area contributed by atoms with Crippen LogP contribution in [0, 0.1) is 0 Å². The van der Waals surface area contributed by atoms with Gasteiger partial charge in [0.25, 0.3) is 0 Å². The third-order valence-electron chi connectivity index (χ3n) is 11.2. The van der Waals surface area contributed by atoms with Crippen LogP contribution < -0.4 is 4.90 Å². The largest absolute Gasteiger partial charge is 0.456 e. The number of benzene rings is 10. The van der Waals surface area contributed by atoms with Crippen molar-refractivity contribution in [3.63, 3.8) is 0 Å². The molecule has 56 heavy (non-hydrogen) atoms. The van der Waals surface area contributed by atoms with E-state index in [-0.39, 0.29) is 0 Å². The molecule has 0 saturated heterocycles. The van der Waals surface area contributed by atoms with Crippen LogP contribution >= 0.6 is 0 Å². The first kappa shape index (κ1) is 32.0. The molecule has 10 aromatic carbocycles. The predicted molar refractivity (Wildman–Crippen MR) is 237 cm³/mol. The molecule has 0 saturated carbocycles. The number of fused-ring (bicyclic) bond motifs is 7. The molecule has 0 fully saturated rings. The summed E-state index contributed by atoms with van der Waals surface area (Å²) in [5, 5.41) is 9.84. The lowest BCUT2D eigenvalue weighted by atomic mass is 9.97. The first-order valence-electron chi connectivity index (χ1n) is 19.2. The molecule has 0 atom stereocenters. The number of furan rings is 1. The van der Waals surface area contributed by atoms with E-state index in [0.717, 1.165) is 50.1 Å². The SMILES string of the molecule is c1cc(-c2ccc3oc4ccccc4c3c2)cc(N(c2ccc(-c3ccc4c(ccc5ccccc54)c3)cc2)c2ccc(-c3cccc4ccccc34)cc2)c1. The summed E-state index contributed by atoms with van der Waals surface area (Å²) in [7, 11) is 0. The van der Waals surface area contributed by atoms with Crippen molar-refractivity contribution >= 4 is 71.3 Å². The molecular formula is C54H35NO. The zero-order chi connectivity index (χ0) is 37.0. The lowest BCUT2D eigenvalue weighted by molar-refractivity contribution is 0.669. The Morgan fingerprint density at radius 1 is 0.268 bits per heavy atom. The smallest absolute Gasteiger partial charge is 0.135 e. The first-order chi connectivity index (χ1) is 27.7. The molecule has 0 radical (unpaired) electrons. The summed E-state index contributed by atoms with van der Waals surface area (Å²) < 4.78 is 6.16. The number of hydrogen-bond acceptors (Lipinski definition) is 2. The topological polar surface area (TPSA) is 16.4 Å². The molecule has 0 amide bonds.